The summed E-state index contributed by atoms with van der Waals surface area (Å²) in [6.45, 7) is 4.75. The van der Waals surface area contributed by atoms with E-state index >= 15 is 0 Å². The van der Waals surface area contributed by atoms with E-state index < -0.39 is 21.7 Å². The van der Waals surface area contributed by atoms with Gasteiger partial charge in [0, 0.05) is 31.6 Å². The van der Waals surface area contributed by atoms with Crippen LogP contribution >= 0.6 is 0 Å². The standard InChI is InChI=1S/C22H26F2N2O3S/c1-16(2)26(15-17-6-4-3-5-7-17)22(27)18-10-12-25(13-11-18)30(28,29)19-8-9-20(23)21(24)14-19/h3-9,14,16,18H,10-13,15H2,1-2H3. The summed E-state index contributed by atoms with van der Waals surface area (Å²) in [6.07, 6.45) is 0.777. The third-order valence-electron chi connectivity index (χ3n) is 5.43. The second kappa shape index (κ2) is 9.22. The molecule has 5 nitrogen and oxygen atoms in total. The van der Waals surface area contributed by atoms with Crippen LogP contribution < -0.4 is 0 Å². The predicted molar refractivity (Wildman–Crippen MR) is 110 cm³/mol. The van der Waals surface area contributed by atoms with Crippen LogP contribution in [-0.4, -0.2) is 42.7 Å². The third-order valence-corrected chi connectivity index (χ3v) is 7.33. The van der Waals surface area contributed by atoms with Crippen molar-refractivity contribution in [3.63, 3.8) is 0 Å². The number of rotatable bonds is 6. The second-order valence-corrected chi connectivity index (χ2v) is 9.74. The highest BCUT2D eigenvalue weighted by molar-refractivity contribution is 7.89. The van der Waals surface area contributed by atoms with E-state index in [4.69, 9.17) is 0 Å². The van der Waals surface area contributed by atoms with E-state index in [1.807, 2.05) is 49.1 Å². The smallest absolute Gasteiger partial charge is 0.243 e. The van der Waals surface area contributed by atoms with Crippen molar-refractivity contribution in [1.82, 2.24) is 9.21 Å². The fourth-order valence-electron chi connectivity index (χ4n) is 3.66. The number of hydrogen-bond acceptors (Lipinski definition) is 3. The van der Waals surface area contributed by atoms with Crippen molar-refractivity contribution in [2.24, 2.45) is 5.92 Å². The van der Waals surface area contributed by atoms with Gasteiger partial charge in [-0.1, -0.05) is 30.3 Å². The summed E-state index contributed by atoms with van der Waals surface area (Å²) in [4.78, 5) is 14.7. The minimum Gasteiger partial charge on any atom is -0.336 e. The third kappa shape index (κ3) is 4.87. The molecular weight excluding hydrogens is 410 g/mol. The van der Waals surface area contributed by atoms with Gasteiger partial charge < -0.3 is 4.90 Å². The number of nitrogens with zero attached hydrogens (tertiary/aromatic N) is 2. The Kier molecular flexibility index (Phi) is 6.88. The van der Waals surface area contributed by atoms with Gasteiger partial charge in [0.2, 0.25) is 15.9 Å². The van der Waals surface area contributed by atoms with Crippen LogP contribution in [0.15, 0.2) is 53.4 Å². The van der Waals surface area contributed by atoms with Crippen LogP contribution in [0.3, 0.4) is 0 Å². The summed E-state index contributed by atoms with van der Waals surface area (Å²) in [5.74, 6) is -2.55. The van der Waals surface area contributed by atoms with Crippen molar-refractivity contribution < 1.29 is 22.0 Å². The van der Waals surface area contributed by atoms with Gasteiger partial charge in [0.15, 0.2) is 11.6 Å². The zero-order chi connectivity index (χ0) is 21.9. The zero-order valence-electron chi connectivity index (χ0n) is 17.1. The number of sulfonamides is 1. The number of hydrogen-bond donors (Lipinski definition) is 0. The molecule has 0 N–H and O–H groups in total. The molecule has 0 aromatic heterocycles. The maximum Gasteiger partial charge on any atom is 0.243 e. The van der Waals surface area contributed by atoms with Crippen LogP contribution in [0.25, 0.3) is 0 Å². The van der Waals surface area contributed by atoms with Crippen molar-refractivity contribution in [2.45, 2.75) is 44.2 Å². The predicted octanol–water partition coefficient (Wildman–Crippen LogP) is 3.80. The fourth-order valence-corrected chi connectivity index (χ4v) is 5.14. The van der Waals surface area contributed by atoms with Gasteiger partial charge in [-0.25, -0.2) is 17.2 Å². The number of amides is 1. The summed E-state index contributed by atoms with van der Waals surface area (Å²) in [6, 6.07) is 12.3. The molecule has 0 radical (unpaired) electrons. The van der Waals surface area contributed by atoms with Crippen LogP contribution in [0.4, 0.5) is 8.78 Å². The van der Waals surface area contributed by atoms with Crippen LogP contribution in [-0.2, 0) is 21.4 Å². The van der Waals surface area contributed by atoms with Crippen LogP contribution in [0, 0.1) is 17.6 Å². The van der Waals surface area contributed by atoms with Crippen molar-refractivity contribution in [2.75, 3.05) is 13.1 Å². The highest BCUT2D eigenvalue weighted by Gasteiger charge is 2.34. The summed E-state index contributed by atoms with van der Waals surface area (Å²) in [5, 5.41) is 0. The summed E-state index contributed by atoms with van der Waals surface area (Å²) >= 11 is 0. The molecule has 0 atom stereocenters. The SMILES string of the molecule is CC(C)N(Cc1ccccc1)C(=O)C1CCN(S(=O)(=O)c2ccc(F)c(F)c2)CC1. The Morgan fingerprint density at radius 2 is 1.70 bits per heavy atom. The summed E-state index contributed by atoms with van der Waals surface area (Å²) in [7, 11) is -3.93. The molecule has 8 heteroatoms. The summed E-state index contributed by atoms with van der Waals surface area (Å²) < 4.78 is 53.4. The first-order valence-electron chi connectivity index (χ1n) is 9.99. The van der Waals surface area contributed by atoms with Crippen molar-refractivity contribution in [3.05, 3.63) is 65.7 Å². The average Bonchev–Trinajstić information content (AvgIpc) is 2.74. The first-order valence-corrected chi connectivity index (χ1v) is 11.4. The Morgan fingerprint density at radius 1 is 1.07 bits per heavy atom. The zero-order valence-corrected chi connectivity index (χ0v) is 17.9. The van der Waals surface area contributed by atoms with Crippen LogP contribution in [0.5, 0.6) is 0 Å². The molecule has 1 saturated heterocycles. The van der Waals surface area contributed by atoms with Gasteiger partial charge in [-0.3, -0.25) is 4.79 Å². The van der Waals surface area contributed by atoms with Gasteiger partial charge in [-0.2, -0.15) is 4.31 Å². The molecule has 0 unspecified atom stereocenters. The van der Waals surface area contributed by atoms with Gasteiger partial charge in [0.1, 0.15) is 0 Å². The van der Waals surface area contributed by atoms with Gasteiger partial charge in [0.25, 0.3) is 0 Å². The van der Waals surface area contributed by atoms with Crippen LogP contribution in [0.2, 0.25) is 0 Å². The molecule has 3 rings (SSSR count). The Morgan fingerprint density at radius 3 is 2.27 bits per heavy atom. The quantitative estimate of drug-likeness (QED) is 0.692. The molecule has 162 valence electrons. The van der Waals surface area contributed by atoms with E-state index in [-0.39, 0.29) is 35.9 Å². The van der Waals surface area contributed by atoms with E-state index in [1.54, 1.807) is 0 Å². The lowest BCUT2D eigenvalue weighted by atomic mass is 9.95. The molecule has 2 aromatic carbocycles. The van der Waals surface area contributed by atoms with E-state index in [9.17, 15) is 22.0 Å². The largest absolute Gasteiger partial charge is 0.336 e. The molecule has 1 aliphatic heterocycles. The number of halogens is 2. The topological polar surface area (TPSA) is 57.7 Å². The molecule has 1 amide bonds. The number of piperidine rings is 1. The Bertz CT molecular complexity index is 989. The minimum atomic E-state index is -3.93. The average molecular weight is 437 g/mol. The molecule has 0 bridgehead atoms. The van der Waals surface area contributed by atoms with Crippen molar-refractivity contribution in [3.8, 4) is 0 Å². The molecule has 30 heavy (non-hydrogen) atoms. The van der Waals surface area contributed by atoms with E-state index in [2.05, 4.69) is 0 Å². The van der Waals surface area contributed by atoms with E-state index in [0.29, 0.717) is 25.5 Å². The van der Waals surface area contributed by atoms with Gasteiger partial charge >= 0.3 is 0 Å². The maximum absolute atomic E-state index is 13.5. The normalized spacial score (nSPS) is 16.0. The second-order valence-electron chi connectivity index (χ2n) is 7.80. The minimum absolute atomic E-state index is 0.0127. The van der Waals surface area contributed by atoms with Gasteiger partial charge in [0.05, 0.1) is 4.90 Å². The maximum atomic E-state index is 13.5. The van der Waals surface area contributed by atoms with Crippen molar-refractivity contribution >= 4 is 15.9 Å². The lowest BCUT2D eigenvalue weighted by molar-refractivity contribution is -0.139. The molecule has 0 spiro atoms. The molecule has 2 aromatic rings. The van der Waals surface area contributed by atoms with Crippen LogP contribution in [0.1, 0.15) is 32.3 Å². The molecule has 0 aliphatic carbocycles. The Hall–Kier alpha value is -2.32. The number of carbonyl (C=O) groups is 1. The van der Waals surface area contributed by atoms with E-state index in [1.165, 1.54) is 4.31 Å². The lowest BCUT2D eigenvalue weighted by Crippen LogP contribution is -2.46. The molecule has 1 heterocycles. The van der Waals surface area contributed by atoms with Crippen molar-refractivity contribution in [1.29, 1.82) is 0 Å². The Labute approximate surface area is 176 Å². The fraction of sp³-hybridized carbons (Fsp3) is 0.409. The molecule has 1 aliphatic rings. The monoisotopic (exact) mass is 436 g/mol. The molecular formula is C22H26F2N2O3S. The molecule has 0 saturated carbocycles. The lowest BCUT2D eigenvalue weighted by Gasteiger charge is -2.35. The number of benzene rings is 2. The first-order chi connectivity index (χ1) is 14.2. The van der Waals surface area contributed by atoms with Gasteiger partial charge in [-0.05, 0) is 50.5 Å². The Balaban J connectivity index is 1.67. The molecule has 1 fully saturated rings. The highest BCUT2D eigenvalue weighted by atomic mass is 32.2. The summed E-state index contributed by atoms with van der Waals surface area (Å²) in [5.41, 5.74) is 1.04. The number of carbonyl (C=O) groups excluding carboxylic acids is 1. The van der Waals surface area contributed by atoms with Gasteiger partial charge in [-0.15, -0.1) is 0 Å². The first kappa shape index (κ1) is 22.4. The van der Waals surface area contributed by atoms with E-state index in [0.717, 1.165) is 17.7 Å². The highest BCUT2D eigenvalue weighted by Crippen LogP contribution is 2.27.